The molecule has 0 saturated heterocycles. The van der Waals surface area contributed by atoms with Crippen LogP contribution in [0.1, 0.15) is 57.1 Å². The van der Waals surface area contributed by atoms with Gasteiger partial charge in [-0.2, -0.15) is 0 Å². The molecule has 0 atom stereocenters. The van der Waals surface area contributed by atoms with Crippen molar-refractivity contribution in [1.82, 2.24) is 0 Å². The smallest absolute Gasteiger partial charge is 0.305 e. The van der Waals surface area contributed by atoms with Crippen molar-refractivity contribution in [1.29, 1.82) is 0 Å². The minimum Gasteiger partial charge on any atom is -0.469 e. The van der Waals surface area contributed by atoms with E-state index in [2.05, 4.69) is 49.8 Å². The lowest BCUT2D eigenvalue weighted by molar-refractivity contribution is -0.140. The number of esters is 1. The van der Waals surface area contributed by atoms with Gasteiger partial charge >= 0.3 is 5.97 Å². The van der Waals surface area contributed by atoms with Crippen LogP contribution in [0.5, 0.6) is 0 Å². The van der Waals surface area contributed by atoms with Crippen molar-refractivity contribution in [2.45, 2.75) is 59.3 Å². The lowest BCUT2D eigenvalue weighted by atomic mass is 10.0. The molecule has 1 rings (SSSR count). The van der Waals surface area contributed by atoms with Gasteiger partial charge in [-0.25, -0.2) is 0 Å². The Morgan fingerprint density at radius 1 is 1.16 bits per heavy atom. The molecular formula is C17H28O2. The minimum absolute atomic E-state index is 0.101. The quantitative estimate of drug-likeness (QED) is 0.550. The Morgan fingerprint density at radius 2 is 1.84 bits per heavy atom. The van der Waals surface area contributed by atoms with E-state index in [0.717, 1.165) is 25.7 Å². The van der Waals surface area contributed by atoms with Crippen LogP contribution < -0.4 is 0 Å². The summed E-state index contributed by atoms with van der Waals surface area (Å²) in [6, 6.07) is 8.59. The van der Waals surface area contributed by atoms with Gasteiger partial charge in [-0.05, 0) is 31.7 Å². The highest BCUT2D eigenvalue weighted by molar-refractivity contribution is 5.68. The van der Waals surface area contributed by atoms with E-state index in [4.69, 9.17) is 0 Å². The van der Waals surface area contributed by atoms with Crippen molar-refractivity contribution in [2.24, 2.45) is 0 Å². The molecule has 0 aromatic heterocycles. The second-order valence-corrected chi connectivity index (χ2v) is 4.83. The highest BCUT2D eigenvalue weighted by Crippen LogP contribution is 2.10. The molecule has 2 nitrogen and oxygen atoms in total. The zero-order valence-corrected chi connectivity index (χ0v) is 12.9. The maximum Gasteiger partial charge on any atom is 0.305 e. The van der Waals surface area contributed by atoms with Crippen molar-refractivity contribution in [3.05, 3.63) is 35.4 Å². The first-order chi connectivity index (χ1) is 9.13. The molecule has 0 aliphatic carbocycles. The first-order valence-electron chi connectivity index (χ1n) is 7.26. The van der Waals surface area contributed by atoms with Gasteiger partial charge in [-0.3, -0.25) is 4.79 Å². The second-order valence-electron chi connectivity index (χ2n) is 4.83. The van der Waals surface area contributed by atoms with Crippen molar-refractivity contribution in [3.8, 4) is 0 Å². The van der Waals surface area contributed by atoms with E-state index in [9.17, 15) is 4.79 Å². The first kappa shape index (κ1) is 17.7. The van der Waals surface area contributed by atoms with Crippen molar-refractivity contribution in [3.63, 3.8) is 0 Å². The van der Waals surface area contributed by atoms with E-state index in [0.29, 0.717) is 6.42 Å². The van der Waals surface area contributed by atoms with Gasteiger partial charge in [0.05, 0.1) is 7.11 Å². The van der Waals surface area contributed by atoms with Crippen LogP contribution in [0.4, 0.5) is 0 Å². The summed E-state index contributed by atoms with van der Waals surface area (Å²) in [6.45, 7) is 6.36. The topological polar surface area (TPSA) is 26.3 Å². The molecule has 0 spiro atoms. The summed E-state index contributed by atoms with van der Waals surface area (Å²) in [5, 5.41) is 0. The average Bonchev–Trinajstić information content (AvgIpc) is 2.39. The highest BCUT2D eigenvalue weighted by Gasteiger charge is 1.99. The van der Waals surface area contributed by atoms with Crippen LogP contribution in [-0.2, 0) is 16.0 Å². The lowest BCUT2D eigenvalue weighted by Gasteiger charge is -2.02. The maximum atomic E-state index is 10.9. The molecule has 0 radical (unpaired) electrons. The van der Waals surface area contributed by atoms with Crippen molar-refractivity contribution < 1.29 is 9.53 Å². The number of aryl methyl sites for hydroxylation is 2. The van der Waals surface area contributed by atoms with Crippen LogP contribution >= 0.6 is 0 Å². The molecule has 19 heavy (non-hydrogen) atoms. The summed E-state index contributed by atoms with van der Waals surface area (Å²) >= 11 is 0. The van der Waals surface area contributed by atoms with E-state index >= 15 is 0 Å². The largest absolute Gasteiger partial charge is 0.469 e. The molecule has 0 heterocycles. The fourth-order valence-corrected chi connectivity index (χ4v) is 1.74. The summed E-state index contributed by atoms with van der Waals surface area (Å²) in [7, 11) is 1.44. The summed E-state index contributed by atoms with van der Waals surface area (Å²) in [6.07, 6.45) is 6.05. The van der Waals surface area contributed by atoms with Gasteiger partial charge < -0.3 is 4.74 Å². The number of hydrogen-bond acceptors (Lipinski definition) is 2. The summed E-state index contributed by atoms with van der Waals surface area (Å²) < 4.78 is 4.59. The fourth-order valence-electron chi connectivity index (χ4n) is 1.74. The van der Waals surface area contributed by atoms with Gasteiger partial charge in [0.2, 0.25) is 0 Å². The molecule has 108 valence electrons. The second kappa shape index (κ2) is 11.8. The van der Waals surface area contributed by atoms with E-state index in [1.54, 1.807) is 0 Å². The van der Waals surface area contributed by atoms with Crippen LogP contribution in [0.15, 0.2) is 24.3 Å². The van der Waals surface area contributed by atoms with Crippen LogP contribution in [0.25, 0.3) is 0 Å². The summed E-state index contributed by atoms with van der Waals surface area (Å²) in [5.41, 5.74) is 2.70. The van der Waals surface area contributed by atoms with Gasteiger partial charge in [0, 0.05) is 6.42 Å². The predicted octanol–water partition coefficient (Wildman–Crippen LogP) is 4.69. The molecule has 1 aromatic carbocycles. The Labute approximate surface area is 118 Å². The van der Waals surface area contributed by atoms with Crippen LogP contribution in [-0.4, -0.2) is 13.1 Å². The Kier molecular flexibility index (Phi) is 11.0. The molecule has 0 unspecified atom stereocenters. The number of carbonyl (C=O) groups is 1. The summed E-state index contributed by atoms with van der Waals surface area (Å²) in [5.74, 6) is -0.101. The number of hydrogen-bond donors (Lipinski definition) is 0. The molecular weight excluding hydrogens is 236 g/mol. The minimum atomic E-state index is -0.101. The van der Waals surface area contributed by atoms with Crippen LogP contribution in [0.2, 0.25) is 0 Å². The molecule has 2 heteroatoms. The maximum absolute atomic E-state index is 10.9. The molecule has 0 N–H and O–H groups in total. The van der Waals surface area contributed by atoms with Gasteiger partial charge in [-0.1, -0.05) is 56.5 Å². The molecule has 0 aliphatic rings. The average molecular weight is 264 g/mol. The van der Waals surface area contributed by atoms with Crippen molar-refractivity contribution >= 4 is 5.97 Å². The van der Waals surface area contributed by atoms with Gasteiger partial charge in [0.25, 0.3) is 0 Å². The molecule has 0 bridgehead atoms. The number of ether oxygens (including phenoxy) is 1. The number of benzene rings is 1. The van der Waals surface area contributed by atoms with Gasteiger partial charge in [0.15, 0.2) is 0 Å². The standard InChI is InChI=1S/C14H20O2.C3H8/c1-12-7-6-9-13(11-12)8-4-3-5-10-14(15)16-2;1-3-2/h6-7,9,11H,3-5,8,10H2,1-2H3;3H2,1-2H3. The first-order valence-corrected chi connectivity index (χ1v) is 7.26. The zero-order valence-electron chi connectivity index (χ0n) is 12.9. The third-order valence-electron chi connectivity index (χ3n) is 2.66. The Balaban J connectivity index is 0.000000982. The lowest BCUT2D eigenvalue weighted by Crippen LogP contribution is -1.99. The Hall–Kier alpha value is -1.31. The van der Waals surface area contributed by atoms with E-state index < -0.39 is 0 Å². The van der Waals surface area contributed by atoms with Crippen LogP contribution in [0.3, 0.4) is 0 Å². The van der Waals surface area contributed by atoms with E-state index in [1.807, 2.05) is 0 Å². The summed E-state index contributed by atoms with van der Waals surface area (Å²) in [4.78, 5) is 10.9. The van der Waals surface area contributed by atoms with E-state index in [1.165, 1.54) is 24.7 Å². The van der Waals surface area contributed by atoms with Gasteiger partial charge in [-0.15, -0.1) is 0 Å². The van der Waals surface area contributed by atoms with Crippen LogP contribution in [0, 0.1) is 6.92 Å². The number of carbonyl (C=O) groups excluding carboxylic acids is 1. The number of rotatable bonds is 6. The molecule has 1 aromatic rings. The number of unbranched alkanes of at least 4 members (excludes halogenated alkanes) is 2. The highest BCUT2D eigenvalue weighted by atomic mass is 16.5. The molecule has 0 amide bonds. The predicted molar refractivity (Wildman–Crippen MR) is 81.3 cm³/mol. The SMILES string of the molecule is CCC.COC(=O)CCCCCc1cccc(C)c1. The van der Waals surface area contributed by atoms with E-state index in [-0.39, 0.29) is 5.97 Å². The zero-order chi connectivity index (χ0) is 14.5. The monoisotopic (exact) mass is 264 g/mol. The van der Waals surface area contributed by atoms with Crippen molar-refractivity contribution in [2.75, 3.05) is 7.11 Å². The molecule has 0 saturated carbocycles. The number of methoxy groups -OCH3 is 1. The van der Waals surface area contributed by atoms with Gasteiger partial charge in [0.1, 0.15) is 0 Å². The third-order valence-corrected chi connectivity index (χ3v) is 2.66. The third kappa shape index (κ3) is 10.3. The molecule has 0 aliphatic heterocycles. The fraction of sp³-hybridized carbons (Fsp3) is 0.588. The Morgan fingerprint density at radius 3 is 2.42 bits per heavy atom. The normalized spacial score (nSPS) is 9.47. The molecule has 0 fully saturated rings. The Bertz CT molecular complexity index is 345.